The average molecular weight is 428 g/mol. The molecule has 4 rings (SSSR count). The van der Waals surface area contributed by atoms with Gasteiger partial charge in [0.15, 0.2) is 5.92 Å². The van der Waals surface area contributed by atoms with Crippen LogP contribution in [0.25, 0.3) is 17.2 Å². The molecule has 3 aromatic rings. The van der Waals surface area contributed by atoms with Crippen molar-refractivity contribution in [2.24, 2.45) is 11.7 Å². The molecule has 5 heteroatoms. The molecule has 0 amide bonds. The van der Waals surface area contributed by atoms with E-state index < -0.39 is 23.9 Å². The molecule has 5 nitrogen and oxygen atoms in total. The van der Waals surface area contributed by atoms with E-state index >= 15 is 0 Å². The number of esters is 1. The predicted octanol–water partition coefficient (Wildman–Crippen LogP) is 4.47. The van der Waals surface area contributed by atoms with Crippen molar-refractivity contribution >= 4 is 18.0 Å². The zero-order valence-electron chi connectivity index (χ0n) is 17.6. The van der Waals surface area contributed by atoms with Gasteiger partial charge in [-0.05, 0) is 34.2 Å². The standard InChI is InChI=1S/C27H25NO4/c28-24(16-8-11-18-9-2-1-3-10-18)25(26(29)30)27(31)32-17-23-21-14-6-4-12-19(21)20-13-5-7-15-22(20)23/h1-15,23-25H,16-17,28H2,(H,29,30)/b11-8+/t24-,25-/m0/s1. The maximum absolute atomic E-state index is 12.7. The van der Waals surface area contributed by atoms with Gasteiger partial charge in [-0.2, -0.15) is 0 Å². The Labute approximate surface area is 187 Å². The van der Waals surface area contributed by atoms with Crippen LogP contribution < -0.4 is 5.73 Å². The smallest absolute Gasteiger partial charge is 0.321 e. The summed E-state index contributed by atoms with van der Waals surface area (Å²) in [6, 6.07) is 24.7. The van der Waals surface area contributed by atoms with Crippen LogP contribution in [-0.2, 0) is 14.3 Å². The van der Waals surface area contributed by atoms with Gasteiger partial charge in [-0.25, -0.2) is 0 Å². The minimum absolute atomic E-state index is 0.0726. The van der Waals surface area contributed by atoms with Crippen LogP contribution in [0.3, 0.4) is 0 Å². The molecule has 0 spiro atoms. The minimum Gasteiger partial charge on any atom is -0.481 e. The highest BCUT2D eigenvalue weighted by Gasteiger charge is 2.35. The summed E-state index contributed by atoms with van der Waals surface area (Å²) in [5.74, 6) is -3.64. The molecule has 0 fully saturated rings. The van der Waals surface area contributed by atoms with E-state index in [0.29, 0.717) is 0 Å². The van der Waals surface area contributed by atoms with Gasteiger partial charge in [-0.1, -0.05) is 91.0 Å². The van der Waals surface area contributed by atoms with E-state index in [1.165, 1.54) is 0 Å². The number of carbonyl (C=O) groups excluding carboxylic acids is 1. The zero-order chi connectivity index (χ0) is 22.5. The number of hydrogen-bond acceptors (Lipinski definition) is 4. The maximum atomic E-state index is 12.7. The lowest BCUT2D eigenvalue weighted by atomic mass is 9.96. The lowest BCUT2D eigenvalue weighted by molar-refractivity contribution is -0.159. The topological polar surface area (TPSA) is 89.6 Å². The monoisotopic (exact) mass is 427 g/mol. The molecule has 0 aromatic heterocycles. The molecule has 0 saturated heterocycles. The summed E-state index contributed by atoms with van der Waals surface area (Å²) >= 11 is 0. The van der Waals surface area contributed by atoms with Crippen molar-refractivity contribution in [3.05, 3.63) is 102 Å². The van der Waals surface area contributed by atoms with Gasteiger partial charge in [0, 0.05) is 12.0 Å². The van der Waals surface area contributed by atoms with Gasteiger partial charge < -0.3 is 15.6 Å². The van der Waals surface area contributed by atoms with Gasteiger partial charge in [-0.15, -0.1) is 0 Å². The molecule has 3 aromatic carbocycles. The molecule has 32 heavy (non-hydrogen) atoms. The molecule has 2 atom stereocenters. The van der Waals surface area contributed by atoms with Gasteiger partial charge >= 0.3 is 11.9 Å². The Morgan fingerprint density at radius 3 is 2.06 bits per heavy atom. The first kappa shape index (κ1) is 21.5. The summed E-state index contributed by atoms with van der Waals surface area (Å²) in [5, 5.41) is 9.63. The molecule has 0 saturated carbocycles. The number of hydrogen-bond donors (Lipinski definition) is 2. The third-order valence-corrected chi connectivity index (χ3v) is 5.82. The van der Waals surface area contributed by atoms with E-state index in [2.05, 4.69) is 0 Å². The number of carbonyl (C=O) groups is 2. The SMILES string of the molecule is N[C@@H](C/C=C/c1ccccc1)[C@@H](C(=O)O)C(=O)OCC1c2ccccc2-c2ccccc21. The second kappa shape index (κ2) is 9.62. The van der Waals surface area contributed by atoms with Crippen LogP contribution in [0.4, 0.5) is 0 Å². The van der Waals surface area contributed by atoms with Crippen LogP contribution >= 0.6 is 0 Å². The lowest BCUT2D eigenvalue weighted by Crippen LogP contribution is -2.41. The quantitative estimate of drug-likeness (QED) is 0.409. The van der Waals surface area contributed by atoms with E-state index in [-0.39, 0.29) is 18.9 Å². The summed E-state index contributed by atoms with van der Waals surface area (Å²) in [6.45, 7) is 0.0726. The van der Waals surface area contributed by atoms with Crippen molar-refractivity contribution in [3.8, 4) is 11.1 Å². The summed E-state index contributed by atoms with van der Waals surface area (Å²) < 4.78 is 5.53. The van der Waals surface area contributed by atoms with E-state index in [9.17, 15) is 14.7 Å². The van der Waals surface area contributed by atoms with Gasteiger partial charge in [0.25, 0.3) is 0 Å². The lowest BCUT2D eigenvalue weighted by Gasteiger charge is -2.20. The van der Waals surface area contributed by atoms with Crippen LogP contribution in [0.2, 0.25) is 0 Å². The molecular formula is C27H25NO4. The average Bonchev–Trinajstić information content (AvgIpc) is 3.12. The van der Waals surface area contributed by atoms with Gasteiger partial charge in [0.05, 0.1) is 0 Å². The van der Waals surface area contributed by atoms with Gasteiger partial charge in [-0.3, -0.25) is 9.59 Å². The maximum Gasteiger partial charge on any atom is 0.321 e. The third-order valence-electron chi connectivity index (χ3n) is 5.82. The first-order valence-electron chi connectivity index (χ1n) is 10.6. The Balaban J connectivity index is 1.44. The zero-order valence-corrected chi connectivity index (χ0v) is 17.6. The number of rotatable bonds is 8. The molecule has 0 unspecified atom stereocenters. The third kappa shape index (κ3) is 4.48. The largest absolute Gasteiger partial charge is 0.481 e. The van der Waals surface area contributed by atoms with Crippen LogP contribution in [0, 0.1) is 5.92 Å². The van der Waals surface area contributed by atoms with E-state index in [4.69, 9.17) is 10.5 Å². The first-order valence-corrected chi connectivity index (χ1v) is 10.6. The molecule has 162 valence electrons. The first-order chi connectivity index (χ1) is 15.6. The van der Waals surface area contributed by atoms with Crippen LogP contribution in [0.1, 0.15) is 29.0 Å². The summed E-state index contributed by atoms with van der Waals surface area (Å²) in [5.41, 5.74) is 11.4. The number of fused-ring (bicyclic) bond motifs is 3. The highest BCUT2D eigenvalue weighted by Crippen LogP contribution is 2.44. The van der Waals surface area contributed by atoms with Crippen LogP contribution in [0.5, 0.6) is 0 Å². The number of carboxylic acid groups (broad SMARTS) is 1. The van der Waals surface area contributed by atoms with E-state index in [1.54, 1.807) is 6.08 Å². The number of carboxylic acids is 1. The predicted molar refractivity (Wildman–Crippen MR) is 124 cm³/mol. The Morgan fingerprint density at radius 2 is 1.47 bits per heavy atom. The number of benzene rings is 3. The van der Waals surface area contributed by atoms with Crippen LogP contribution in [-0.4, -0.2) is 29.7 Å². The fourth-order valence-electron chi connectivity index (χ4n) is 4.21. The molecule has 0 radical (unpaired) electrons. The van der Waals surface area contributed by atoms with E-state index in [0.717, 1.165) is 27.8 Å². The van der Waals surface area contributed by atoms with Gasteiger partial charge in [0.1, 0.15) is 6.61 Å². The fourth-order valence-corrected chi connectivity index (χ4v) is 4.21. The normalized spacial score (nSPS) is 14.5. The second-order valence-electron chi connectivity index (χ2n) is 7.89. The van der Waals surface area contributed by atoms with Crippen LogP contribution in [0.15, 0.2) is 84.9 Å². The summed E-state index contributed by atoms with van der Waals surface area (Å²) in [6.07, 6.45) is 3.89. The number of nitrogens with two attached hydrogens (primary N) is 1. The van der Waals surface area contributed by atoms with Crippen molar-refractivity contribution in [3.63, 3.8) is 0 Å². The summed E-state index contributed by atoms with van der Waals surface area (Å²) in [7, 11) is 0. The van der Waals surface area contributed by atoms with Crippen molar-refractivity contribution in [1.82, 2.24) is 0 Å². The Hall–Kier alpha value is -3.70. The Bertz CT molecular complexity index is 1090. The Morgan fingerprint density at radius 1 is 0.906 bits per heavy atom. The molecule has 1 aliphatic carbocycles. The van der Waals surface area contributed by atoms with E-state index in [1.807, 2.05) is 84.9 Å². The molecule has 0 heterocycles. The van der Waals surface area contributed by atoms with Gasteiger partial charge in [0.2, 0.25) is 0 Å². The second-order valence-corrected chi connectivity index (χ2v) is 7.89. The highest BCUT2D eigenvalue weighted by atomic mass is 16.5. The molecule has 0 aliphatic heterocycles. The Kier molecular flexibility index (Phi) is 6.47. The summed E-state index contributed by atoms with van der Waals surface area (Å²) in [4.78, 5) is 24.5. The molecule has 0 bridgehead atoms. The molecule has 3 N–H and O–H groups in total. The molecule has 1 aliphatic rings. The van der Waals surface area contributed by atoms with Crippen molar-refractivity contribution in [2.75, 3.05) is 6.61 Å². The molecular weight excluding hydrogens is 402 g/mol. The number of aliphatic carboxylic acids is 1. The highest BCUT2D eigenvalue weighted by molar-refractivity contribution is 5.95. The van der Waals surface area contributed by atoms with Crippen molar-refractivity contribution < 1.29 is 19.4 Å². The van der Waals surface area contributed by atoms with Crippen molar-refractivity contribution in [2.45, 2.75) is 18.4 Å². The minimum atomic E-state index is -1.43. The number of ether oxygens (including phenoxy) is 1. The fraction of sp³-hybridized carbons (Fsp3) is 0.185. The van der Waals surface area contributed by atoms with Crippen molar-refractivity contribution in [1.29, 1.82) is 0 Å².